The molecule has 0 aromatic heterocycles. The van der Waals surface area contributed by atoms with E-state index in [0.717, 1.165) is 0 Å². The maximum absolute atomic E-state index is 10.4. The molecule has 0 aliphatic rings. The van der Waals surface area contributed by atoms with Crippen LogP contribution < -0.4 is 5.73 Å². The average molecular weight is 135 g/mol. The fraction of sp³-hybridized carbons (Fsp3) is 0.833. The van der Waals surface area contributed by atoms with Gasteiger partial charge in [0.2, 0.25) is 0 Å². The molecule has 0 aliphatic carbocycles. The van der Waals surface area contributed by atoms with Crippen LogP contribution in [-0.2, 0) is 4.79 Å². The molecule has 3 N–H and O–H groups in total. The minimum absolute atomic E-state index is 0.898. The number of hydrogen-bond donors (Lipinski definition) is 2. The summed E-state index contributed by atoms with van der Waals surface area (Å²) in [6.45, 7) is -1.13. The lowest BCUT2D eigenvalue weighted by molar-refractivity contribution is -0.139. The first-order valence-corrected chi connectivity index (χ1v) is 2.58. The Morgan fingerprint density at radius 3 is 3.00 bits per heavy atom. The lowest BCUT2D eigenvalue weighted by Gasteiger charge is -2.11. The second-order valence-electron chi connectivity index (χ2n) is 1.89. The minimum atomic E-state index is -2.48. The predicted molar refractivity (Wildman–Crippen MR) is 35.1 cm³/mol. The summed E-state index contributed by atoms with van der Waals surface area (Å²) >= 11 is 0. The van der Waals surface area contributed by atoms with Crippen LogP contribution in [-0.4, -0.2) is 17.1 Å². The van der Waals surface area contributed by atoms with E-state index in [1.807, 2.05) is 0 Å². The van der Waals surface area contributed by atoms with E-state index < -0.39 is 31.2 Å². The van der Waals surface area contributed by atoms with Crippen LogP contribution in [0.3, 0.4) is 0 Å². The first kappa shape index (κ1) is 3.56. The van der Waals surface area contributed by atoms with Gasteiger partial charge < -0.3 is 10.8 Å². The third-order valence-electron chi connectivity index (χ3n) is 1.11. The number of hydrogen-bond acceptors (Lipinski definition) is 2. The van der Waals surface area contributed by atoms with E-state index in [0.29, 0.717) is 0 Å². The van der Waals surface area contributed by atoms with Gasteiger partial charge in [0.05, 0.1) is 0 Å². The Morgan fingerprint density at radius 2 is 2.67 bits per heavy atom. The van der Waals surface area contributed by atoms with Crippen molar-refractivity contribution in [3.8, 4) is 0 Å². The summed E-state index contributed by atoms with van der Waals surface area (Å²) in [7, 11) is 0. The summed E-state index contributed by atoms with van der Waals surface area (Å²) in [6.07, 6.45) is -1.46. The molecule has 0 fully saturated rings. The predicted octanol–water partition coefficient (Wildman–Crippen LogP) is 0.444. The maximum atomic E-state index is 10.4. The van der Waals surface area contributed by atoms with Gasteiger partial charge in [-0.05, 0) is 5.92 Å². The monoisotopic (exact) mass is 135 g/mol. The van der Waals surface area contributed by atoms with Gasteiger partial charge in [0.25, 0.3) is 0 Å². The van der Waals surface area contributed by atoms with Gasteiger partial charge in [0, 0.05) is 5.48 Å². The molecule has 3 atom stereocenters. The van der Waals surface area contributed by atoms with Crippen LogP contribution in [0.1, 0.15) is 25.7 Å². The molecule has 0 aliphatic heterocycles. The summed E-state index contributed by atoms with van der Waals surface area (Å²) in [4.78, 5) is 10.4. The van der Waals surface area contributed by atoms with Crippen LogP contribution >= 0.6 is 0 Å². The van der Waals surface area contributed by atoms with Crippen LogP contribution in [0.25, 0.3) is 0 Å². The first-order valence-electron chi connectivity index (χ1n) is 4.66. The first-order chi connectivity index (χ1) is 5.68. The number of carboxylic acid groups (broad SMARTS) is 1. The Balaban J connectivity index is 4.42. The normalized spacial score (nSPS) is 28.2. The largest absolute Gasteiger partial charge is 0.480 e. The molecule has 54 valence electrons. The average Bonchev–Trinajstić information content (AvgIpc) is 1.98. The van der Waals surface area contributed by atoms with E-state index >= 15 is 0 Å². The van der Waals surface area contributed by atoms with E-state index in [2.05, 4.69) is 0 Å². The van der Waals surface area contributed by atoms with Crippen molar-refractivity contribution < 1.29 is 15.4 Å². The zero-order valence-electron chi connectivity index (χ0n) is 9.16. The zero-order valence-corrected chi connectivity index (χ0v) is 5.16. The SMILES string of the molecule is [2H]C(C(C)C(N)C(=O)O)C([2H])([2H])[2H]. The lowest BCUT2D eigenvalue weighted by atomic mass is 10.0. The van der Waals surface area contributed by atoms with E-state index in [1.54, 1.807) is 0 Å². The number of rotatable bonds is 3. The quantitative estimate of drug-likeness (QED) is 0.590. The van der Waals surface area contributed by atoms with Crippen molar-refractivity contribution in [1.29, 1.82) is 0 Å². The van der Waals surface area contributed by atoms with Crippen molar-refractivity contribution in [1.82, 2.24) is 0 Å². The molecule has 0 heterocycles. The van der Waals surface area contributed by atoms with Crippen LogP contribution in [0.15, 0.2) is 0 Å². The highest BCUT2D eigenvalue weighted by Crippen LogP contribution is 2.04. The molecule has 0 bridgehead atoms. The Kier molecular flexibility index (Phi) is 1.37. The highest BCUT2D eigenvalue weighted by molar-refractivity contribution is 5.73. The molecule has 3 heteroatoms. The molecule has 0 amide bonds. The number of nitrogens with two attached hydrogens (primary N) is 1. The van der Waals surface area contributed by atoms with Crippen molar-refractivity contribution in [3.05, 3.63) is 0 Å². The molecule has 0 radical (unpaired) electrons. The molecule has 0 rings (SSSR count). The van der Waals surface area contributed by atoms with E-state index in [1.165, 1.54) is 6.92 Å². The Labute approximate surface area is 60.5 Å². The second kappa shape index (κ2) is 3.45. The Bertz CT molecular complexity index is 194. The fourth-order valence-electron chi connectivity index (χ4n) is 0.329. The van der Waals surface area contributed by atoms with E-state index in [-0.39, 0.29) is 0 Å². The van der Waals surface area contributed by atoms with E-state index in [9.17, 15) is 4.79 Å². The topological polar surface area (TPSA) is 63.3 Å². The Hall–Kier alpha value is -0.570. The smallest absolute Gasteiger partial charge is 0.320 e. The third kappa shape index (κ3) is 2.46. The summed E-state index contributed by atoms with van der Waals surface area (Å²) in [6, 6.07) is -1.30. The molecule has 0 aromatic carbocycles. The van der Waals surface area contributed by atoms with Gasteiger partial charge in [0.1, 0.15) is 6.04 Å². The van der Waals surface area contributed by atoms with Crippen LogP contribution in [0.4, 0.5) is 0 Å². The van der Waals surface area contributed by atoms with Crippen LogP contribution in [0.2, 0.25) is 0 Å². The molecular weight excluding hydrogens is 118 g/mol. The summed E-state index contributed by atoms with van der Waals surface area (Å²) < 4.78 is 27.9. The third-order valence-corrected chi connectivity index (χ3v) is 1.11. The maximum Gasteiger partial charge on any atom is 0.320 e. The Morgan fingerprint density at radius 1 is 2.11 bits per heavy atom. The molecule has 0 saturated heterocycles. The molecule has 0 spiro atoms. The van der Waals surface area contributed by atoms with Crippen LogP contribution in [0, 0.1) is 5.92 Å². The standard InChI is InChI=1S/C6H13NO2/c1-3-4(2)5(7)6(8)9/h4-5H,3,7H2,1-2H3,(H,8,9)/i1D3,3D. The molecule has 3 unspecified atom stereocenters. The van der Waals surface area contributed by atoms with Gasteiger partial charge in [0.15, 0.2) is 0 Å². The number of carbonyl (C=O) groups is 1. The van der Waals surface area contributed by atoms with Crippen molar-refractivity contribution in [2.75, 3.05) is 0 Å². The minimum Gasteiger partial charge on any atom is -0.480 e. The van der Waals surface area contributed by atoms with Crippen molar-refractivity contribution in [3.63, 3.8) is 0 Å². The molecular formula is C6H13NO2. The second-order valence-corrected chi connectivity index (χ2v) is 1.89. The van der Waals surface area contributed by atoms with Gasteiger partial charge >= 0.3 is 5.97 Å². The highest BCUT2D eigenvalue weighted by Gasteiger charge is 2.17. The molecule has 0 saturated carbocycles. The van der Waals surface area contributed by atoms with Crippen molar-refractivity contribution in [2.45, 2.75) is 26.2 Å². The summed E-state index contributed by atoms with van der Waals surface area (Å²) in [5, 5.41) is 8.48. The lowest BCUT2D eigenvalue weighted by Crippen LogP contribution is -2.36. The number of carboxylic acids is 1. The highest BCUT2D eigenvalue weighted by atomic mass is 16.4. The zero-order chi connectivity index (χ0) is 10.8. The van der Waals surface area contributed by atoms with E-state index in [4.69, 9.17) is 16.3 Å². The molecule has 3 nitrogen and oxygen atoms in total. The van der Waals surface area contributed by atoms with Gasteiger partial charge in [-0.15, -0.1) is 0 Å². The molecule has 0 aromatic rings. The van der Waals surface area contributed by atoms with Crippen LogP contribution in [0.5, 0.6) is 0 Å². The van der Waals surface area contributed by atoms with Gasteiger partial charge in [-0.3, -0.25) is 4.79 Å². The fourth-order valence-corrected chi connectivity index (χ4v) is 0.329. The van der Waals surface area contributed by atoms with Gasteiger partial charge in [-0.25, -0.2) is 0 Å². The summed E-state index contributed by atoms with van der Waals surface area (Å²) in [5.74, 6) is -2.18. The number of aliphatic carboxylic acids is 1. The van der Waals surface area contributed by atoms with Gasteiger partial charge in [-0.1, -0.05) is 20.2 Å². The van der Waals surface area contributed by atoms with Crippen molar-refractivity contribution >= 4 is 5.97 Å². The summed E-state index contributed by atoms with van der Waals surface area (Å²) in [5.41, 5.74) is 5.19. The van der Waals surface area contributed by atoms with Crippen molar-refractivity contribution in [2.24, 2.45) is 11.7 Å². The van der Waals surface area contributed by atoms with Gasteiger partial charge in [-0.2, -0.15) is 0 Å². The molecule has 9 heavy (non-hydrogen) atoms.